The van der Waals surface area contributed by atoms with E-state index in [2.05, 4.69) is 30.3 Å². The van der Waals surface area contributed by atoms with Crippen molar-refractivity contribution in [1.29, 1.82) is 0 Å². The highest BCUT2D eigenvalue weighted by atomic mass is 16.5. The van der Waals surface area contributed by atoms with Gasteiger partial charge in [-0.15, -0.1) is 0 Å². The van der Waals surface area contributed by atoms with E-state index in [0.717, 1.165) is 37.4 Å². The van der Waals surface area contributed by atoms with E-state index in [0.29, 0.717) is 6.04 Å². The van der Waals surface area contributed by atoms with Crippen LogP contribution in [0.15, 0.2) is 6.07 Å². The molecule has 0 fully saturated rings. The Balaban J connectivity index is 2.62. The van der Waals surface area contributed by atoms with Gasteiger partial charge >= 0.3 is 0 Å². The number of rotatable bonds is 7. The molecule has 0 radical (unpaired) electrons. The van der Waals surface area contributed by atoms with Gasteiger partial charge in [-0.25, -0.2) is 0 Å². The van der Waals surface area contributed by atoms with Crippen molar-refractivity contribution in [2.24, 2.45) is 7.05 Å². The maximum atomic E-state index is 5.05. The molecule has 0 atom stereocenters. The molecule has 1 aromatic heterocycles. The summed E-state index contributed by atoms with van der Waals surface area (Å²) in [5, 5.41) is 7.95. The van der Waals surface area contributed by atoms with E-state index < -0.39 is 0 Å². The number of aromatic nitrogens is 2. The van der Waals surface area contributed by atoms with Crippen LogP contribution in [0.5, 0.6) is 0 Å². The van der Waals surface area contributed by atoms with Gasteiger partial charge in [-0.2, -0.15) is 5.10 Å². The van der Waals surface area contributed by atoms with Crippen LogP contribution in [0, 0.1) is 0 Å². The first kappa shape index (κ1) is 13.0. The molecule has 0 unspecified atom stereocenters. The van der Waals surface area contributed by atoms with Crippen LogP contribution in [0.1, 0.15) is 32.4 Å². The molecular weight excluding hydrogens is 202 g/mol. The Hall–Kier alpha value is -1.03. The van der Waals surface area contributed by atoms with E-state index >= 15 is 0 Å². The molecule has 0 aromatic carbocycles. The fourth-order valence-corrected chi connectivity index (χ4v) is 1.69. The molecule has 0 aliphatic carbocycles. The molecule has 0 aliphatic heterocycles. The monoisotopic (exact) mass is 225 g/mol. The zero-order valence-electron chi connectivity index (χ0n) is 10.8. The van der Waals surface area contributed by atoms with Crippen molar-refractivity contribution in [3.8, 4) is 0 Å². The highest BCUT2D eigenvalue weighted by Crippen LogP contribution is 2.13. The van der Waals surface area contributed by atoms with Gasteiger partial charge in [0, 0.05) is 32.7 Å². The Morgan fingerprint density at radius 2 is 2.12 bits per heavy atom. The second-order valence-electron chi connectivity index (χ2n) is 4.05. The van der Waals surface area contributed by atoms with Crippen molar-refractivity contribution in [2.75, 3.05) is 19.0 Å². The minimum atomic E-state index is 0.533. The summed E-state index contributed by atoms with van der Waals surface area (Å²) in [6.07, 6.45) is 3.14. The normalized spacial score (nSPS) is 11.1. The predicted molar refractivity (Wildman–Crippen MR) is 66.8 cm³/mol. The lowest BCUT2D eigenvalue weighted by Gasteiger charge is -2.15. The zero-order chi connectivity index (χ0) is 12.0. The molecule has 4 heteroatoms. The van der Waals surface area contributed by atoms with Crippen LogP contribution in [-0.4, -0.2) is 29.5 Å². The topological polar surface area (TPSA) is 39.1 Å². The van der Waals surface area contributed by atoms with Crippen LogP contribution >= 0.6 is 0 Å². The number of ether oxygens (including phenoxy) is 1. The second-order valence-corrected chi connectivity index (χ2v) is 4.05. The van der Waals surface area contributed by atoms with Crippen molar-refractivity contribution in [2.45, 2.75) is 39.2 Å². The summed E-state index contributed by atoms with van der Waals surface area (Å²) >= 11 is 0. The van der Waals surface area contributed by atoms with Gasteiger partial charge in [0.2, 0.25) is 0 Å². The van der Waals surface area contributed by atoms with E-state index in [9.17, 15) is 0 Å². The van der Waals surface area contributed by atoms with Crippen molar-refractivity contribution in [3.63, 3.8) is 0 Å². The largest absolute Gasteiger partial charge is 0.384 e. The molecule has 92 valence electrons. The Morgan fingerprint density at radius 1 is 1.44 bits per heavy atom. The highest BCUT2D eigenvalue weighted by Gasteiger charge is 2.08. The number of hydrogen-bond donors (Lipinski definition) is 1. The molecule has 16 heavy (non-hydrogen) atoms. The third-order valence-corrected chi connectivity index (χ3v) is 2.83. The molecule has 4 nitrogen and oxygen atoms in total. The first-order chi connectivity index (χ1) is 7.71. The number of nitrogens with zero attached hydrogens (tertiary/aromatic N) is 2. The average molecular weight is 225 g/mol. The first-order valence-electron chi connectivity index (χ1n) is 5.99. The zero-order valence-corrected chi connectivity index (χ0v) is 10.8. The molecule has 1 rings (SSSR count). The van der Waals surface area contributed by atoms with Gasteiger partial charge in [0.1, 0.15) is 5.82 Å². The minimum absolute atomic E-state index is 0.533. The number of anilines is 1. The summed E-state index contributed by atoms with van der Waals surface area (Å²) in [5.74, 6) is 1.10. The maximum absolute atomic E-state index is 5.05. The SMILES string of the molecule is CCC(CC)Nc1cc(CCOC)nn1C. The van der Waals surface area contributed by atoms with Crippen LogP contribution in [0.3, 0.4) is 0 Å². The lowest BCUT2D eigenvalue weighted by atomic mass is 10.2. The van der Waals surface area contributed by atoms with Crippen LogP contribution in [-0.2, 0) is 18.2 Å². The molecule has 1 N–H and O–H groups in total. The summed E-state index contributed by atoms with van der Waals surface area (Å²) < 4.78 is 6.95. The molecule has 0 spiro atoms. The lowest BCUT2D eigenvalue weighted by molar-refractivity contribution is 0.201. The lowest BCUT2D eigenvalue weighted by Crippen LogP contribution is -2.18. The number of methoxy groups -OCH3 is 1. The molecule has 0 bridgehead atoms. The van der Waals surface area contributed by atoms with Gasteiger partial charge in [0.05, 0.1) is 12.3 Å². The Kier molecular flexibility index (Phi) is 5.32. The molecule has 0 amide bonds. The molecular formula is C12H23N3O. The minimum Gasteiger partial charge on any atom is -0.384 e. The standard InChI is InChI=1S/C12H23N3O/c1-5-10(6-2)13-12-9-11(7-8-16-4)14-15(12)3/h9-10,13H,5-8H2,1-4H3. The molecule has 0 saturated carbocycles. The van der Waals surface area contributed by atoms with Crippen molar-refractivity contribution >= 4 is 5.82 Å². The number of hydrogen-bond acceptors (Lipinski definition) is 3. The Labute approximate surface area is 98.0 Å². The van der Waals surface area contributed by atoms with Crippen molar-refractivity contribution in [1.82, 2.24) is 9.78 Å². The van der Waals surface area contributed by atoms with Gasteiger partial charge < -0.3 is 10.1 Å². The van der Waals surface area contributed by atoms with Crippen LogP contribution in [0.4, 0.5) is 5.82 Å². The smallest absolute Gasteiger partial charge is 0.124 e. The predicted octanol–water partition coefficient (Wildman–Crippen LogP) is 2.21. The van der Waals surface area contributed by atoms with Crippen LogP contribution in [0.2, 0.25) is 0 Å². The Bertz CT molecular complexity index is 305. The molecule has 1 aromatic rings. The average Bonchev–Trinajstić information content (AvgIpc) is 2.64. The van der Waals surface area contributed by atoms with Gasteiger partial charge in [-0.3, -0.25) is 4.68 Å². The van der Waals surface area contributed by atoms with Gasteiger partial charge in [0.25, 0.3) is 0 Å². The first-order valence-corrected chi connectivity index (χ1v) is 5.99. The number of aryl methyl sites for hydroxylation is 1. The van der Waals surface area contributed by atoms with Crippen LogP contribution < -0.4 is 5.32 Å². The quantitative estimate of drug-likeness (QED) is 0.773. The van der Waals surface area contributed by atoms with Gasteiger partial charge in [-0.1, -0.05) is 13.8 Å². The van der Waals surface area contributed by atoms with Gasteiger partial charge in [-0.05, 0) is 12.8 Å². The maximum Gasteiger partial charge on any atom is 0.124 e. The second kappa shape index (κ2) is 6.53. The Morgan fingerprint density at radius 3 is 2.69 bits per heavy atom. The van der Waals surface area contributed by atoms with E-state index in [1.165, 1.54) is 0 Å². The summed E-state index contributed by atoms with van der Waals surface area (Å²) in [4.78, 5) is 0. The van der Waals surface area contributed by atoms with Gasteiger partial charge in [0.15, 0.2) is 0 Å². The van der Waals surface area contributed by atoms with Crippen molar-refractivity contribution < 1.29 is 4.74 Å². The molecule has 1 heterocycles. The van der Waals surface area contributed by atoms with Crippen LogP contribution in [0.25, 0.3) is 0 Å². The fourth-order valence-electron chi connectivity index (χ4n) is 1.69. The summed E-state index contributed by atoms with van der Waals surface area (Å²) in [6, 6.07) is 2.64. The molecule has 0 saturated heterocycles. The molecule has 0 aliphatic rings. The van der Waals surface area contributed by atoms with E-state index in [-0.39, 0.29) is 0 Å². The highest BCUT2D eigenvalue weighted by molar-refractivity contribution is 5.38. The third-order valence-electron chi connectivity index (χ3n) is 2.83. The third kappa shape index (κ3) is 3.52. The van der Waals surface area contributed by atoms with E-state index in [1.807, 2.05) is 11.7 Å². The van der Waals surface area contributed by atoms with Crippen molar-refractivity contribution in [3.05, 3.63) is 11.8 Å². The van der Waals surface area contributed by atoms with E-state index in [4.69, 9.17) is 4.74 Å². The summed E-state index contributed by atoms with van der Waals surface area (Å²) in [5.41, 5.74) is 1.08. The number of nitrogens with one attached hydrogen (secondary N) is 1. The summed E-state index contributed by atoms with van der Waals surface area (Å²) in [7, 11) is 3.69. The van der Waals surface area contributed by atoms with E-state index in [1.54, 1.807) is 7.11 Å². The summed E-state index contributed by atoms with van der Waals surface area (Å²) in [6.45, 7) is 5.12. The fraction of sp³-hybridized carbons (Fsp3) is 0.750.